The lowest BCUT2D eigenvalue weighted by molar-refractivity contribution is 0.527. The summed E-state index contributed by atoms with van der Waals surface area (Å²) in [5.74, 6) is 5.53. The van der Waals surface area contributed by atoms with E-state index in [0.29, 0.717) is 5.22 Å². The standard InChI is InChI=1S/C12H13ClN2O/c13-12-10(6-7-16-12)11(15-14)8-9-4-2-1-3-5-9/h1-7,11,15H,8,14H2. The van der Waals surface area contributed by atoms with Crippen molar-refractivity contribution < 1.29 is 4.42 Å². The van der Waals surface area contributed by atoms with Gasteiger partial charge in [0.2, 0.25) is 0 Å². The minimum absolute atomic E-state index is 0.0337. The monoisotopic (exact) mass is 236 g/mol. The van der Waals surface area contributed by atoms with Gasteiger partial charge in [0.1, 0.15) is 0 Å². The Morgan fingerprint density at radius 2 is 2.00 bits per heavy atom. The van der Waals surface area contributed by atoms with Crippen molar-refractivity contribution in [2.24, 2.45) is 5.84 Å². The highest BCUT2D eigenvalue weighted by atomic mass is 35.5. The second-order valence-electron chi connectivity index (χ2n) is 3.56. The number of furan rings is 1. The van der Waals surface area contributed by atoms with Crippen LogP contribution in [0.2, 0.25) is 5.22 Å². The lowest BCUT2D eigenvalue weighted by Gasteiger charge is -2.14. The summed E-state index contributed by atoms with van der Waals surface area (Å²) in [5, 5.41) is 0.388. The van der Waals surface area contributed by atoms with Crippen LogP contribution >= 0.6 is 11.6 Å². The molecule has 0 aliphatic rings. The second kappa shape index (κ2) is 5.16. The first-order valence-electron chi connectivity index (χ1n) is 5.04. The summed E-state index contributed by atoms with van der Waals surface area (Å²) in [6.45, 7) is 0. The summed E-state index contributed by atoms with van der Waals surface area (Å²) in [4.78, 5) is 0. The average molecular weight is 237 g/mol. The first-order chi connectivity index (χ1) is 7.81. The summed E-state index contributed by atoms with van der Waals surface area (Å²) in [6.07, 6.45) is 2.34. The number of hydrogen-bond donors (Lipinski definition) is 2. The predicted molar refractivity (Wildman–Crippen MR) is 63.9 cm³/mol. The van der Waals surface area contributed by atoms with Gasteiger partial charge in [-0.25, -0.2) is 0 Å². The highest BCUT2D eigenvalue weighted by molar-refractivity contribution is 6.29. The van der Waals surface area contributed by atoms with Gasteiger partial charge in [0.05, 0.1) is 12.3 Å². The van der Waals surface area contributed by atoms with Crippen molar-refractivity contribution in [1.29, 1.82) is 0 Å². The fraction of sp³-hybridized carbons (Fsp3) is 0.167. The highest BCUT2D eigenvalue weighted by Crippen LogP contribution is 2.26. The molecule has 0 amide bonds. The minimum atomic E-state index is -0.0337. The zero-order valence-electron chi connectivity index (χ0n) is 8.69. The maximum Gasteiger partial charge on any atom is 0.197 e. The van der Waals surface area contributed by atoms with E-state index in [1.54, 1.807) is 6.26 Å². The molecule has 2 rings (SSSR count). The Bertz CT molecular complexity index is 441. The van der Waals surface area contributed by atoms with Gasteiger partial charge < -0.3 is 4.42 Å². The van der Waals surface area contributed by atoms with Crippen LogP contribution in [0.25, 0.3) is 0 Å². The third-order valence-corrected chi connectivity index (χ3v) is 2.81. The van der Waals surface area contributed by atoms with E-state index < -0.39 is 0 Å². The van der Waals surface area contributed by atoms with Crippen molar-refractivity contribution in [3.05, 3.63) is 59.0 Å². The number of hydrogen-bond acceptors (Lipinski definition) is 3. The summed E-state index contributed by atoms with van der Waals surface area (Å²) in [6, 6.07) is 11.9. The van der Waals surface area contributed by atoms with E-state index in [4.69, 9.17) is 21.9 Å². The zero-order valence-corrected chi connectivity index (χ0v) is 9.45. The number of nitrogens with two attached hydrogens (primary N) is 1. The van der Waals surface area contributed by atoms with E-state index in [1.807, 2.05) is 24.3 Å². The van der Waals surface area contributed by atoms with E-state index in [-0.39, 0.29) is 6.04 Å². The quantitative estimate of drug-likeness (QED) is 0.634. The molecule has 2 aromatic rings. The van der Waals surface area contributed by atoms with Crippen molar-refractivity contribution in [1.82, 2.24) is 5.43 Å². The molecule has 0 aliphatic heterocycles. The van der Waals surface area contributed by atoms with Crippen molar-refractivity contribution in [3.63, 3.8) is 0 Å². The third-order valence-electron chi connectivity index (χ3n) is 2.51. The van der Waals surface area contributed by atoms with E-state index in [1.165, 1.54) is 5.56 Å². The van der Waals surface area contributed by atoms with Gasteiger partial charge in [-0.1, -0.05) is 30.3 Å². The van der Waals surface area contributed by atoms with Crippen LogP contribution in [-0.4, -0.2) is 0 Å². The van der Waals surface area contributed by atoms with Crippen LogP contribution in [0.5, 0.6) is 0 Å². The number of hydrazine groups is 1. The Hall–Kier alpha value is -1.29. The first-order valence-corrected chi connectivity index (χ1v) is 5.42. The van der Waals surface area contributed by atoms with Crippen molar-refractivity contribution in [2.75, 3.05) is 0 Å². The Balaban J connectivity index is 2.16. The van der Waals surface area contributed by atoms with Gasteiger partial charge in [0.25, 0.3) is 0 Å². The Morgan fingerprint density at radius 3 is 2.56 bits per heavy atom. The molecule has 1 aromatic carbocycles. The minimum Gasteiger partial charge on any atom is -0.453 e. The molecule has 0 saturated heterocycles. The molecule has 3 N–H and O–H groups in total. The van der Waals surface area contributed by atoms with Crippen molar-refractivity contribution in [3.8, 4) is 0 Å². The van der Waals surface area contributed by atoms with Gasteiger partial charge >= 0.3 is 0 Å². The predicted octanol–water partition coefficient (Wildman–Crippen LogP) is 2.68. The zero-order chi connectivity index (χ0) is 11.4. The molecular formula is C12H13ClN2O. The van der Waals surface area contributed by atoms with Gasteiger partial charge in [-0.2, -0.15) is 0 Å². The van der Waals surface area contributed by atoms with Crippen LogP contribution in [0.1, 0.15) is 17.2 Å². The summed E-state index contributed by atoms with van der Waals surface area (Å²) in [5.41, 5.74) is 4.83. The summed E-state index contributed by atoms with van der Waals surface area (Å²) in [7, 11) is 0. The first kappa shape index (κ1) is 11.2. The molecule has 0 saturated carbocycles. The topological polar surface area (TPSA) is 51.2 Å². The van der Waals surface area contributed by atoms with Crippen LogP contribution in [0.3, 0.4) is 0 Å². The largest absolute Gasteiger partial charge is 0.453 e. The lowest BCUT2D eigenvalue weighted by Crippen LogP contribution is -2.29. The van der Waals surface area contributed by atoms with Crippen LogP contribution in [0, 0.1) is 0 Å². The molecule has 0 fully saturated rings. The van der Waals surface area contributed by atoms with Gasteiger partial charge in [0, 0.05) is 5.56 Å². The van der Waals surface area contributed by atoms with E-state index >= 15 is 0 Å². The molecule has 0 spiro atoms. The summed E-state index contributed by atoms with van der Waals surface area (Å²) >= 11 is 5.92. The van der Waals surface area contributed by atoms with Crippen molar-refractivity contribution >= 4 is 11.6 Å². The van der Waals surface area contributed by atoms with Crippen molar-refractivity contribution in [2.45, 2.75) is 12.5 Å². The maximum atomic E-state index is 5.92. The van der Waals surface area contributed by atoms with E-state index in [2.05, 4.69) is 17.6 Å². The molecule has 1 aromatic heterocycles. The Labute approximate surface area is 99.2 Å². The molecule has 16 heavy (non-hydrogen) atoms. The Kier molecular flexibility index (Phi) is 3.62. The normalized spacial score (nSPS) is 12.6. The van der Waals surface area contributed by atoms with Crippen LogP contribution in [0.15, 0.2) is 47.1 Å². The van der Waals surface area contributed by atoms with Gasteiger partial charge in [-0.3, -0.25) is 11.3 Å². The molecule has 1 unspecified atom stereocenters. The summed E-state index contributed by atoms with van der Waals surface area (Å²) < 4.78 is 5.05. The molecule has 0 aliphatic carbocycles. The van der Waals surface area contributed by atoms with Gasteiger partial charge in [-0.05, 0) is 29.7 Å². The average Bonchev–Trinajstić information content (AvgIpc) is 2.74. The van der Waals surface area contributed by atoms with Gasteiger partial charge in [0.15, 0.2) is 5.22 Å². The smallest absolute Gasteiger partial charge is 0.197 e. The molecule has 84 valence electrons. The van der Waals surface area contributed by atoms with E-state index in [9.17, 15) is 0 Å². The number of halogens is 1. The SMILES string of the molecule is NNC(Cc1ccccc1)c1ccoc1Cl. The highest BCUT2D eigenvalue weighted by Gasteiger charge is 2.15. The Morgan fingerprint density at radius 1 is 1.25 bits per heavy atom. The molecular weight excluding hydrogens is 224 g/mol. The fourth-order valence-electron chi connectivity index (χ4n) is 1.66. The van der Waals surface area contributed by atoms with Crippen LogP contribution in [0.4, 0.5) is 0 Å². The molecule has 1 atom stereocenters. The maximum absolute atomic E-state index is 5.92. The van der Waals surface area contributed by atoms with Crippen LogP contribution < -0.4 is 11.3 Å². The molecule has 0 bridgehead atoms. The van der Waals surface area contributed by atoms with Gasteiger partial charge in [-0.15, -0.1) is 0 Å². The van der Waals surface area contributed by atoms with Crippen LogP contribution in [-0.2, 0) is 6.42 Å². The number of benzene rings is 1. The third kappa shape index (κ3) is 2.44. The molecule has 3 nitrogen and oxygen atoms in total. The number of nitrogens with one attached hydrogen (secondary N) is 1. The lowest BCUT2D eigenvalue weighted by atomic mass is 10.0. The number of rotatable bonds is 4. The second-order valence-corrected chi connectivity index (χ2v) is 3.90. The van der Waals surface area contributed by atoms with E-state index in [0.717, 1.165) is 12.0 Å². The molecule has 1 heterocycles. The molecule has 4 heteroatoms. The fourth-order valence-corrected chi connectivity index (χ4v) is 1.91. The molecule has 0 radical (unpaired) electrons.